The van der Waals surface area contributed by atoms with Gasteiger partial charge in [0, 0.05) is 18.8 Å². The lowest BCUT2D eigenvalue weighted by molar-refractivity contribution is -0.384. The maximum absolute atomic E-state index is 12.3. The maximum atomic E-state index is 12.3. The molecule has 6 nitrogen and oxygen atoms in total. The number of benzene rings is 1. The predicted octanol–water partition coefficient (Wildman–Crippen LogP) is 5.03. The number of non-ortho nitro benzene ring substituents is 1. The topological polar surface area (TPSA) is 78.7 Å². The van der Waals surface area contributed by atoms with Gasteiger partial charge >= 0.3 is 7.60 Å². The molecule has 0 fully saturated rings. The van der Waals surface area contributed by atoms with E-state index in [1.165, 1.54) is 30.9 Å². The molecule has 22 heavy (non-hydrogen) atoms. The van der Waals surface area contributed by atoms with Gasteiger partial charge in [0.2, 0.25) is 0 Å². The van der Waals surface area contributed by atoms with Gasteiger partial charge in [0.15, 0.2) is 0 Å². The first-order valence-corrected chi connectivity index (χ1v) is 9.53. The molecule has 124 valence electrons. The fraction of sp³-hybridized carbons (Fsp3) is 0.600. The second-order valence-electron chi connectivity index (χ2n) is 5.33. The summed E-state index contributed by atoms with van der Waals surface area (Å²) in [5.41, 5.74) is -0.0372. The van der Waals surface area contributed by atoms with Gasteiger partial charge in [-0.2, -0.15) is 0 Å². The van der Waals surface area contributed by atoms with Gasteiger partial charge in [-0.05, 0) is 24.5 Å². The lowest BCUT2D eigenvalue weighted by Gasteiger charge is -2.19. The highest BCUT2D eigenvalue weighted by molar-refractivity contribution is 7.53. The van der Waals surface area contributed by atoms with Crippen molar-refractivity contribution < 1.29 is 18.5 Å². The van der Waals surface area contributed by atoms with E-state index < -0.39 is 12.5 Å². The Kier molecular flexibility index (Phi) is 7.56. The van der Waals surface area contributed by atoms with E-state index >= 15 is 0 Å². The third kappa shape index (κ3) is 6.58. The molecular weight excluding hydrogens is 305 g/mol. The Morgan fingerprint density at radius 2 is 1.91 bits per heavy atom. The van der Waals surface area contributed by atoms with Crippen molar-refractivity contribution in [2.45, 2.75) is 39.5 Å². The third-order valence-electron chi connectivity index (χ3n) is 3.41. The van der Waals surface area contributed by atoms with Crippen LogP contribution in [-0.4, -0.2) is 18.2 Å². The van der Waals surface area contributed by atoms with E-state index in [4.69, 9.17) is 9.05 Å². The number of nitro groups is 1. The van der Waals surface area contributed by atoms with Crippen LogP contribution in [0.25, 0.3) is 0 Å². The van der Waals surface area contributed by atoms with Crippen molar-refractivity contribution in [3.63, 3.8) is 0 Å². The molecule has 2 atom stereocenters. The molecule has 0 aliphatic carbocycles. The summed E-state index contributed by atoms with van der Waals surface area (Å²) >= 11 is 0. The van der Waals surface area contributed by atoms with Crippen LogP contribution in [0.2, 0.25) is 0 Å². The minimum atomic E-state index is -3.22. The van der Waals surface area contributed by atoms with Crippen molar-refractivity contribution in [3.05, 3.63) is 34.4 Å². The molecule has 0 aliphatic rings. The average molecular weight is 329 g/mol. The molecule has 0 amide bonds. The number of nitro benzene ring substituents is 1. The minimum absolute atomic E-state index is 0.0372. The number of hydrogen-bond acceptors (Lipinski definition) is 5. The maximum Gasteiger partial charge on any atom is 0.376 e. The van der Waals surface area contributed by atoms with Gasteiger partial charge < -0.3 is 4.52 Å². The van der Waals surface area contributed by atoms with Crippen LogP contribution in [0.1, 0.15) is 39.5 Å². The van der Waals surface area contributed by atoms with Gasteiger partial charge in [0.25, 0.3) is 5.69 Å². The molecule has 0 radical (unpaired) electrons. The Balaban J connectivity index is 2.55. The van der Waals surface area contributed by atoms with E-state index in [0.717, 1.165) is 25.7 Å². The van der Waals surface area contributed by atoms with Gasteiger partial charge in [-0.25, -0.2) is 4.57 Å². The van der Waals surface area contributed by atoms with E-state index in [0.29, 0.717) is 18.3 Å². The summed E-state index contributed by atoms with van der Waals surface area (Å²) in [6.07, 6.45) is 4.26. The van der Waals surface area contributed by atoms with E-state index in [-0.39, 0.29) is 5.69 Å². The van der Waals surface area contributed by atoms with Crippen LogP contribution in [0.3, 0.4) is 0 Å². The molecule has 0 N–H and O–H groups in total. The largest absolute Gasteiger partial charge is 0.425 e. The predicted molar refractivity (Wildman–Crippen MR) is 86.5 cm³/mol. The molecule has 0 aliphatic heterocycles. The molecule has 1 aromatic carbocycles. The van der Waals surface area contributed by atoms with E-state index in [9.17, 15) is 14.7 Å². The molecule has 0 spiro atoms. The quantitative estimate of drug-likeness (QED) is 0.342. The van der Waals surface area contributed by atoms with Crippen molar-refractivity contribution in [1.82, 2.24) is 0 Å². The Hall–Kier alpha value is -1.39. The van der Waals surface area contributed by atoms with Crippen molar-refractivity contribution in [1.29, 1.82) is 0 Å². The van der Waals surface area contributed by atoms with Crippen molar-refractivity contribution >= 4 is 13.3 Å². The lowest BCUT2D eigenvalue weighted by atomic mass is 10.0. The van der Waals surface area contributed by atoms with Crippen LogP contribution in [-0.2, 0) is 9.09 Å². The molecule has 1 rings (SSSR count). The molecule has 7 heteroatoms. The molecule has 0 saturated heterocycles. The fourth-order valence-corrected chi connectivity index (χ4v) is 3.02. The minimum Gasteiger partial charge on any atom is -0.425 e. The van der Waals surface area contributed by atoms with Crippen molar-refractivity contribution in [2.75, 3.05) is 13.3 Å². The molecule has 0 saturated carbocycles. The Labute approximate surface area is 131 Å². The van der Waals surface area contributed by atoms with Crippen LogP contribution in [0.4, 0.5) is 5.69 Å². The molecule has 0 heterocycles. The highest BCUT2D eigenvalue weighted by Gasteiger charge is 2.21. The van der Waals surface area contributed by atoms with Crippen LogP contribution >= 0.6 is 7.60 Å². The summed E-state index contributed by atoms with van der Waals surface area (Å²) in [6, 6.07) is 5.47. The van der Waals surface area contributed by atoms with Crippen LogP contribution < -0.4 is 4.52 Å². The summed E-state index contributed by atoms with van der Waals surface area (Å²) in [7, 11) is -3.22. The van der Waals surface area contributed by atoms with Crippen LogP contribution in [0.15, 0.2) is 24.3 Å². The third-order valence-corrected chi connectivity index (χ3v) is 4.57. The van der Waals surface area contributed by atoms with E-state index in [1.54, 1.807) is 0 Å². The zero-order valence-corrected chi connectivity index (χ0v) is 14.3. The molecular formula is C15H24NO5P. The summed E-state index contributed by atoms with van der Waals surface area (Å²) in [6.45, 7) is 6.04. The number of hydrogen-bond donors (Lipinski definition) is 0. The van der Waals surface area contributed by atoms with Crippen LogP contribution in [0, 0.1) is 16.0 Å². The van der Waals surface area contributed by atoms with Gasteiger partial charge in [0.05, 0.1) is 11.5 Å². The lowest BCUT2D eigenvalue weighted by Crippen LogP contribution is -2.09. The normalized spacial score (nSPS) is 15.0. The Bertz CT molecular complexity index is 517. The smallest absolute Gasteiger partial charge is 0.376 e. The second-order valence-corrected chi connectivity index (χ2v) is 7.31. The average Bonchev–Trinajstić information content (AvgIpc) is 2.47. The SMILES string of the molecule is CCCCC(CC)COP(C)(=O)Oc1ccc([N+](=O)[O-])cc1. The highest BCUT2D eigenvalue weighted by Crippen LogP contribution is 2.45. The van der Waals surface area contributed by atoms with Gasteiger partial charge in [-0.3, -0.25) is 14.6 Å². The standard InChI is InChI=1S/C15H24NO5P/c1-4-6-7-13(5-2)12-20-22(3,19)21-15-10-8-14(9-11-15)16(17)18/h8-11,13H,4-7,12H2,1-3H3. The first kappa shape index (κ1) is 18.7. The number of nitrogens with zero attached hydrogens (tertiary/aromatic N) is 1. The number of rotatable bonds is 10. The van der Waals surface area contributed by atoms with Gasteiger partial charge in [-0.1, -0.05) is 33.1 Å². The van der Waals surface area contributed by atoms with Gasteiger partial charge in [-0.15, -0.1) is 0 Å². The fourth-order valence-electron chi connectivity index (χ4n) is 1.99. The zero-order valence-electron chi connectivity index (χ0n) is 13.4. The Morgan fingerprint density at radius 1 is 1.27 bits per heavy atom. The molecule has 0 bridgehead atoms. The van der Waals surface area contributed by atoms with Crippen molar-refractivity contribution in [2.24, 2.45) is 5.92 Å². The summed E-state index contributed by atoms with van der Waals surface area (Å²) in [4.78, 5) is 10.1. The van der Waals surface area contributed by atoms with Gasteiger partial charge in [0.1, 0.15) is 5.75 Å². The molecule has 2 unspecified atom stereocenters. The summed E-state index contributed by atoms with van der Waals surface area (Å²) in [5.74, 6) is 0.673. The van der Waals surface area contributed by atoms with E-state index in [2.05, 4.69) is 13.8 Å². The van der Waals surface area contributed by atoms with E-state index in [1.807, 2.05) is 0 Å². The highest BCUT2D eigenvalue weighted by atomic mass is 31.2. The summed E-state index contributed by atoms with van der Waals surface area (Å²) < 4.78 is 23.1. The second kappa shape index (κ2) is 8.91. The monoisotopic (exact) mass is 329 g/mol. The molecule has 0 aromatic heterocycles. The zero-order chi connectivity index (χ0) is 16.6. The van der Waals surface area contributed by atoms with Crippen LogP contribution in [0.5, 0.6) is 5.75 Å². The number of unbranched alkanes of at least 4 members (excludes halogenated alkanes) is 1. The Morgan fingerprint density at radius 3 is 2.41 bits per heavy atom. The molecule has 1 aromatic rings. The summed E-state index contributed by atoms with van der Waals surface area (Å²) in [5, 5.41) is 10.6. The first-order valence-electron chi connectivity index (χ1n) is 7.54. The van der Waals surface area contributed by atoms with Crippen molar-refractivity contribution in [3.8, 4) is 5.75 Å². The first-order chi connectivity index (χ1) is 10.4.